The third kappa shape index (κ3) is 3.06. The van der Waals surface area contributed by atoms with E-state index in [1.807, 2.05) is 17.5 Å². The molecule has 2 rings (SSSR count). The van der Waals surface area contributed by atoms with Gasteiger partial charge in [0.1, 0.15) is 12.6 Å². The summed E-state index contributed by atoms with van der Waals surface area (Å²) < 4.78 is 5.28. The Labute approximate surface area is 99.8 Å². The van der Waals surface area contributed by atoms with Crippen LogP contribution in [-0.2, 0) is 16.1 Å². The van der Waals surface area contributed by atoms with Crippen molar-refractivity contribution in [2.75, 3.05) is 6.54 Å². The molecule has 0 radical (unpaired) electrons. The van der Waals surface area contributed by atoms with E-state index in [1.54, 1.807) is 11.3 Å². The lowest BCUT2D eigenvalue weighted by Crippen LogP contribution is -2.43. The van der Waals surface area contributed by atoms with Crippen molar-refractivity contribution < 1.29 is 9.53 Å². The first-order chi connectivity index (χ1) is 7.75. The van der Waals surface area contributed by atoms with Gasteiger partial charge in [-0.15, -0.1) is 11.3 Å². The third-order valence-electron chi connectivity index (χ3n) is 2.89. The number of carbonyl (C=O) groups is 1. The fourth-order valence-corrected chi connectivity index (χ4v) is 2.54. The Morgan fingerprint density at radius 3 is 3.25 bits per heavy atom. The molecule has 1 saturated heterocycles. The van der Waals surface area contributed by atoms with Crippen LogP contribution < -0.4 is 5.32 Å². The molecule has 0 aromatic carbocycles. The average Bonchev–Trinajstić information content (AvgIpc) is 2.78. The van der Waals surface area contributed by atoms with Gasteiger partial charge in [-0.2, -0.15) is 0 Å². The summed E-state index contributed by atoms with van der Waals surface area (Å²) in [6, 6.07) is 3.84. The van der Waals surface area contributed by atoms with E-state index in [9.17, 15) is 4.79 Å². The van der Waals surface area contributed by atoms with Crippen LogP contribution in [0.1, 0.15) is 24.6 Å². The Balaban J connectivity index is 1.79. The second-order valence-corrected chi connectivity index (χ2v) is 5.36. The highest BCUT2D eigenvalue weighted by Gasteiger charge is 2.25. The molecule has 0 amide bonds. The molecule has 2 atom stereocenters. The topological polar surface area (TPSA) is 38.3 Å². The summed E-state index contributed by atoms with van der Waals surface area (Å²) in [6.45, 7) is 3.50. The lowest BCUT2D eigenvalue weighted by Gasteiger charge is -2.26. The van der Waals surface area contributed by atoms with Crippen molar-refractivity contribution in [1.82, 2.24) is 5.32 Å². The largest absolute Gasteiger partial charge is 0.459 e. The van der Waals surface area contributed by atoms with Gasteiger partial charge in [0.25, 0.3) is 0 Å². The van der Waals surface area contributed by atoms with Gasteiger partial charge in [0, 0.05) is 4.88 Å². The number of ether oxygens (including phenoxy) is 1. The summed E-state index contributed by atoms with van der Waals surface area (Å²) in [7, 11) is 0. The Morgan fingerprint density at radius 2 is 2.56 bits per heavy atom. The maximum atomic E-state index is 11.8. The molecule has 0 saturated carbocycles. The van der Waals surface area contributed by atoms with E-state index in [1.165, 1.54) is 0 Å². The molecule has 0 aliphatic carbocycles. The number of hydrogen-bond acceptors (Lipinski definition) is 4. The number of nitrogens with one attached hydrogen (secondary N) is 1. The van der Waals surface area contributed by atoms with Crippen LogP contribution in [-0.4, -0.2) is 18.6 Å². The van der Waals surface area contributed by atoms with Gasteiger partial charge in [0.15, 0.2) is 0 Å². The molecule has 88 valence electrons. The first-order valence-electron chi connectivity index (χ1n) is 5.68. The van der Waals surface area contributed by atoms with Crippen molar-refractivity contribution in [2.45, 2.75) is 32.4 Å². The second-order valence-electron chi connectivity index (χ2n) is 4.32. The monoisotopic (exact) mass is 239 g/mol. The van der Waals surface area contributed by atoms with E-state index >= 15 is 0 Å². The van der Waals surface area contributed by atoms with Crippen LogP contribution in [0.15, 0.2) is 17.5 Å². The fourth-order valence-electron chi connectivity index (χ4n) is 1.92. The highest BCUT2D eigenvalue weighted by atomic mass is 32.1. The van der Waals surface area contributed by atoms with Gasteiger partial charge in [0.2, 0.25) is 0 Å². The smallest absolute Gasteiger partial charge is 0.323 e. The van der Waals surface area contributed by atoms with E-state index < -0.39 is 0 Å². The Hall–Kier alpha value is -0.870. The van der Waals surface area contributed by atoms with Crippen molar-refractivity contribution in [3.05, 3.63) is 22.4 Å². The molecule has 1 N–H and O–H groups in total. The predicted molar refractivity (Wildman–Crippen MR) is 64.3 cm³/mol. The zero-order valence-electron chi connectivity index (χ0n) is 9.44. The Bertz CT molecular complexity index is 337. The minimum atomic E-state index is -0.111. The maximum Gasteiger partial charge on any atom is 0.323 e. The van der Waals surface area contributed by atoms with Crippen molar-refractivity contribution in [3.8, 4) is 0 Å². The zero-order chi connectivity index (χ0) is 11.4. The number of thiophene rings is 1. The van der Waals surface area contributed by atoms with Crippen LogP contribution >= 0.6 is 11.3 Å². The molecule has 2 unspecified atom stereocenters. The molecule has 2 heterocycles. The minimum absolute atomic E-state index is 0.108. The quantitative estimate of drug-likeness (QED) is 0.822. The summed E-state index contributed by atoms with van der Waals surface area (Å²) in [4.78, 5) is 12.9. The molecule has 3 nitrogen and oxygen atoms in total. The molecule has 1 aliphatic rings. The number of rotatable bonds is 3. The lowest BCUT2D eigenvalue weighted by molar-refractivity contribution is -0.148. The van der Waals surface area contributed by atoms with Crippen LogP contribution in [0, 0.1) is 5.92 Å². The van der Waals surface area contributed by atoms with Crippen molar-refractivity contribution in [2.24, 2.45) is 5.92 Å². The highest BCUT2D eigenvalue weighted by Crippen LogP contribution is 2.17. The van der Waals surface area contributed by atoms with E-state index in [0.29, 0.717) is 12.5 Å². The zero-order valence-corrected chi connectivity index (χ0v) is 10.3. The number of hydrogen-bond donors (Lipinski definition) is 1. The number of piperidine rings is 1. The fraction of sp³-hybridized carbons (Fsp3) is 0.583. The van der Waals surface area contributed by atoms with Gasteiger partial charge in [-0.3, -0.25) is 4.79 Å². The van der Waals surface area contributed by atoms with E-state index in [2.05, 4.69) is 12.2 Å². The molecule has 16 heavy (non-hydrogen) atoms. The second kappa shape index (κ2) is 5.46. The molecule has 4 heteroatoms. The molecular weight excluding hydrogens is 222 g/mol. The third-order valence-corrected chi connectivity index (χ3v) is 3.74. The van der Waals surface area contributed by atoms with Gasteiger partial charge in [-0.1, -0.05) is 13.0 Å². The van der Waals surface area contributed by atoms with Crippen LogP contribution in [0.4, 0.5) is 0 Å². The molecule has 0 spiro atoms. The lowest BCUT2D eigenvalue weighted by atomic mass is 9.94. The van der Waals surface area contributed by atoms with Crippen LogP contribution in [0.5, 0.6) is 0 Å². The van der Waals surface area contributed by atoms with Crippen molar-refractivity contribution >= 4 is 17.3 Å². The van der Waals surface area contributed by atoms with Gasteiger partial charge < -0.3 is 10.1 Å². The van der Waals surface area contributed by atoms with Crippen LogP contribution in [0.3, 0.4) is 0 Å². The normalized spacial score (nSPS) is 25.3. The van der Waals surface area contributed by atoms with Gasteiger partial charge in [0.05, 0.1) is 0 Å². The van der Waals surface area contributed by atoms with Crippen LogP contribution in [0.2, 0.25) is 0 Å². The average molecular weight is 239 g/mol. The molecule has 0 bridgehead atoms. The Kier molecular flexibility index (Phi) is 3.96. The van der Waals surface area contributed by atoms with Crippen LogP contribution in [0.25, 0.3) is 0 Å². The van der Waals surface area contributed by atoms with Gasteiger partial charge >= 0.3 is 5.97 Å². The number of carbonyl (C=O) groups excluding carboxylic acids is 1. The van der Waals surface area contributed by atoms with E-state index in [-0.39, 0.29) is 12.0 Å². The highest BCUT2D eigenvalue weighted by molar-refractivity contribution is 7.09. The summed E-state index contributed by atoms with van der Waals surface area (Å²) >= 11 is 1.61. The van der Waals surface area contributed by atoms with Gasteiger partial charge in [-0.05, 0) is 36.8 Å². The molecule has 1 fully saturated rings. The molecule has 1 aliphatic heterocycles. The van der Waals surface area contributed by atoms with E-state index in [4.69, 9.17) is 4.74 Å². The summed E-state index contributed by atoms with van der Waals surface area (Å²) in [5, 5.41) is 5.20. The van der Waals surface area contributed by atoms with E-state index in [0.717, 1.165) is 24.3 Å². The molecule has 1 aromatic rings. The predicted octanol–water partition coefficient (Wildman–Crippen LogP) is 2.18. The molecule has 1 aromatic heterocycles. The minimum Gasteiger partial charge on any atom is -0.459 e. The molecular formula is C12H17NO2S. The summed E-state index contributed by atoms with van der Waals surface area (Å²) in [5.41, 5.74) is 0. The van der Waals surface area contributed by atoms with Gasteiger partial charge in [-0.25, -0.2) is 0 Å². The Morgan fingerprint density at radius 1 is 1.69 bits per heavy atom. The van der Waals surface area contributed by atoms with Crippen molar-refractivity contribution in [3.63, 3.8) is 0 Å². The summed E-state index contributed by atoms with van der Waals surface area (Å²) in [6.07, 6.45) is 2.04. The number of esters is 1. The summed E-state index contributed by atoms with van der Waals surface area (Å²) in [5.74, 6) is 0.500. The maximum absolute atomic E-state index is 11.8. The first-order valence-corrected chi connectivity index (χ1v) is 6.56. The standard InChI is InChI=1S/C12H17NO2S/c1-9-4-5-13-11(7-9)12(14)15-8-10-3-2-6-16-10/h2-3,6,9,11,13H,4-5,7-8H2,1H3. The van der Waals surface area contributed by atoms with Crippen molar-refractivity contribution in [1.29, 1.82) is 0 Å². The SMILES string of the molecule is CC1CCNC(C(=O)OCc2cccs2)C1. The first kappa shape index (κ1) is 11.6.